The van der Waals surface area contributed by atoms with Crippen LogP contribution in [0.15, 0.2) is 70.9 Å². The fourth-order valence-corrected chi connectivity index (χ4v) is 4.37. The molecule has 0 radical (unpaired) electrons. The van der Waals surface area contributed by atoms with E-state index in [4.69, 9.17) is 4.99 Å². The average molecular weight is 539 g/mol. The van der Waals surface area contributed by atoms with E-state index in [9.17, 15) is 0 Å². The monoisotopic (exact) mass is 538 g/mol. The van der Waals surface area contributed by atoms with E-state index in [1.54, 1.807) is 6.20 Å². The molecule has 0 aliphatic rings. The van der Waals surface area contributed by atoms with Crippen LogP contribution >= 0.6 is 0 Å². The minimum atomic E-state index is 0.462. The molecule has 2 aromatic carbocycles. The number of benzene rings is 2. The van der Waals surface area contributed by atoms with Crippen LogP contribution in [0.25, 0.3) is 0 Å². The maximum absolute atomic E-state index is 4.95. The zero-order valence-corrected chi connectivity index (χ0v) is 25.4. The second-order valence-corrected chi connectivity index (χ2v) is 11.5. The molecule has 0 fully saturated rings. The Morgan fingerprint density at radius 2 is 1.03 bits per heavy atom. The van der Waals surface area contributed by atoms with Crippen molar-refractivity contribution in [1.29, 1.82) is 0 Å². The second kappa shape index (κ2) is 14.4. The molecule has 199 valence electrons. The van der Waals surface area contributed by atoms with Crippen LogP contribution < -0.4 is 0 Å². The summed E-state index contributed by atoms with van der Waals surface area (Å²) in [6, 6.07) is 17.0. The van der Waals surface area contributed by atoms with Crippen LogP contribution in [0.3, 0.4) is 0 Å². The summed E-state index contributed by atoms with van der Waals surface area (Å²) in [5, 5.41) is 0. The molecule has 3 nitrogen and oxygen atoms in total. The van der Waals surface area contributed by atoms with E-state index in [0.29, 0.717) is 23.7 Å². The van der Waals surface area contributed by atoms with Gasteiger partial charge >= 0.3 is 107 Å². The first-order chi connectivity index (χ1) is 17.4. The van der Waals surface area contributed by atoms with Crippen molar-refractivity contribution >= 4 is 21.7 Å². The number of pyridine rings is 1. The van der Waals surface area contributed by atoms with Crippen LogP contribution in [-0.4, -0.2) is 15.3 Å². The quantitative estimate of drug-likeness (QED) is 0.218. The first-order valence-corrected chi connectivity index (χ1v) is 13.9. The molecule has 0 unspecified atom stereocenters. The Balaban J connectivity index is 0.000000271. The first kappa shape index (κ1) is 30.7. The molecule has 0 amide bonds. The summed E-state index contributed by atoms with van der Waals surface area (Å²) in [6.07, 6.45) is 3.66. The predicted octanol–water partition coefficient (Wildman–Crippen LogP) is 10.00. The van der Waals surface area contributed by atoms with Crippen molar-refractivity contribution in [2.45, 2.75) is 92.9 Å². The van der Waals surface area contributed by atoms with E-state index >= 15 is 0 Å². The third kappa shape index (κ3) is 8.76. The zero-order valence-electron chi connectivity index (χ0n) is 24.3. The van der Waals surface area contributed by atoms with E-state index in [0.717, 1.165) is 27.3 Å². The Kier molecular flexibility index (Phi) is 11.9. The van der Waals surface area contributed by atoms with Gasteiger partial charge in [-0.3, -0.25) is 9.98 Å². The molecule has 3 aromatic rings. The average Bonchev–Trinajstić information content (AvgIpc) is 2.84. The van der Waals surface area contributed by atoms with Gasteiger partial charge in [0.1, 0.15) is 0 Å². The number of hydrogen-bond donors (Lipinski definition) is 0. The maximum atomic E-state index is 4.95. The molecular weight excluding hydrogens is 494 g/mol. The SMILES string of the molecule is CC(=Nc1c(C(C)C)cccc1C(C)C)c1cccnc1.C[C]([Fe])=Nc1c(C(C)C)cccc1C(C)C. The third-order valence-electron chi connectivity index (χ3n) is 6.31. The summed E-state index contributed by atoms with van der Waals surface area (Å²) >= 11 is 3.88. The minimum absolute atomic E-state index is 0.462. The predicted molar refractivity (Wildman–Crippen MR) is 158 cm³/mol. The first-order valence-electron chi connectivity index (χ1n) is 13.3. The Morgan fingerprint density at radius 1 is 0.622 bits per heavy atom. The van der Waals surface area contributed by atoms with Gasteiger partial charge < -0.3 is 0 Å². The number of aromatic nitrogens is 1. The number of rotatable bonds is 7. The molecule has 37 heavy (non-hydrogen) atoms. The van der Waals surface area contributed by atoms with Crippen LogP contribution in [0.5, 0.6) is 0 Å². The summed E-state index contributed by atoms with van der Waals surface area (Å²) in [7, 11) is 0. The van der Waals surface area contributed by atoms with Gasteiger partial charge in [-0.15, -0.1) is 0 Å². The summed E-state index contributed by atoms with van der Waals surface area (Å²) < 4.78 is 0.870. The zero-order chi connectivity index (χ0) is 27.7. The van der Waals surface area contributed by atoms with Gasteiger partial charge in [-0.25, -0.2) is 0 Å². The molecule has 1 heterocycles. The number of nitrogens with zero attached hydrogens (tertiary/aromatic N) is 3. The third-order valence-corrected chi connectivity index (χ3v) is 6.43. The Bertz CT molecular complexity index is 1150. The fraction of sp³-hybridized carbons (Fsp3) is 0.424. The van der Waals surface area contributed by atoms with Crippen molar-refractivity contribution in [3.63, 3.8) is 0 Å². The normalized spacial score (nSPS) is 12.4. The van der Waals surface area contributed by atoms with Gasteiger partial charge in [0.2, 0.25) is 0 Å². The van der Waals surface area contributed by atoms with E-state index in [-0.39, 0.29) is 0 Å². The Labute approximate surface area is 233 Å². The molecule has 0 aliphatic carbocycles. The number of para-hydroxylation sites is 2. The van der Waals surface area contributed by atoms with Crippen molar-refractivity contribution in [2.75, 3.05) is 0 Å². The fourth-order valence-electron chi connectivity index (χ4n) is 4.24. The molecule has 0 saturated heterocycles. The van der Waals surface area contributed by atoms with Crippen LogP contribution in [0.1, 0.15) is 121 Å². The molecule has 0 saturated carbocycles. The molecule has 0 bridgehead atoms. The Morgan fingerprint density at radius 3 is 1.35 bits per heavy atom. The van der Waals surface area contributed by atoms with Crippen LogP contribution in [-0.2, 0) is 16.0 Å². The van der Waals surface area contributed by atoms with E-state index in [1.807, 2.05) is 19.2 Å². The van der Waals surface area contributed by atoms with E-state index in [2.05, 4.69) is 131 Å². The van der Waals surface area contributed by atoms with Gasteiger partial charge in [0.25, 0.3) is 0 Å². The molecule has 1 aromatic heterocycles. The number of hydrogen-bond acceptors (Lipinski definition) is 3. The molecule has 0 aliphatic heterocycles. The van der Waals surface area contributed by atoms with Crippen LogP contribution in [0.4, 0.5) is 11.4 Å². The molecule has 4 heteroatoms. The molecular formula is C33H44FeN3. The van der Waals surface area contributed by atoms with Gasteiger partial charge in [-0.1, -0.05) is 52.0 Å². The van der Waals surface area contributed by atoms with Crippen molar-refractivity contribution in [2.24, 2.45) is 9.98 Å². The summed E-state index contributed by atoms with van der Waals surface area (Å²) in [6.45, 7) is 21.7. The second-order valence-electron chi connectivity index (χ2n) is 10.7. The van der Waals surface area contributed by atoms with Crippen molar-refractivity contribution in [3.8, 4) is 0 Å². The molecule has 3 rings (SSSR count). The van der Waals surface area contributed by atoms with Gasteiger partial charge in [0.15, 0.2) is 0 Å². The van der Waals surface area contributed by atoms with Crippen molar-refractivity contribution in [1.82, 2.24) is 4.98 Å². The van der Waals surface area contributed by atoms with Crippen molar-refractivity contribution < 1.29 is 16.0 Å². The topological polar surface area (TPSA) is 37.6 Å². The molecule has 0 N–H and O–H groups in total. The number of aliphatic imine (C=N–C) groups is 2. The van der Waals surface area contributed by atoms with Crippen LogP contribution in [0.2, 0.25) is 0 Å². The summed E-state index contributed by atoms with van der Waals surface area (Å²) in [5.41, 5.74) is 9.59. The van der Waals surface area contributed by atoms with E-state index < -0.39 is 0 Å². The molecule has 0 atom stereocenters. The van der Waals surface area contributed by atoms with E-state index in [1.165, 1.54) is 22.3 Å². The van der Waals surface area contributed by atoms with Gasteiger partial charge in [-0.05, 0) is 36.0 Å². The van der Waals surface area contributed by atoms with Gasteiger partial charge in [0, 0.05) is 23.7 Å². The Hall–Kier alpha value is -2.55. The summed E-state index contributed by atoms with van der Waals surface area (Å²) in [5.74, 6) is 1.92. The standard InChI is InChI=1S/C19H24N2.C14H20N.Fe/c1-13(2)17-9-6-10-18(14(3)4)19(17)21-15(5)16-8-7-11-20-12-16;1-6-15-14-12(10(2)3)8-7-9-13(14)11(4)5;/h6-14H,1-5H3;7-11H,1-5H3;. The van der Waals surface area contributed by atoms with Gasteiger partial charge in [0.05, 0.1) is 5.69 Å². The van der Waals surface area contributed by atoms with Crippen LogP contribution in [0, 0.1) is 0 Å². The van der Waals surface area contributed by atoms with Gasteiger partial charge in [-0.2, -0.15) is 0 Å². The summed E-state index contributed by atoms with van der Waals surface area (Å²) in [4.78, 5) is 13.7. The van der Waals surface area contributed by atoms with Crippen molar-refractivity contribution in [3.05, 3.63) is 88.7 Å². The molecule has 0 spiro atoms.